The summed E-state index contributed by atoms with van der Waals surface area (Å²) in [5.41, 5.74) is 0. The van der Waals surface area contributed by atoms with Crippen LogP contribution in [0.3, 0.4) is 0 Å². The summed E-state index contributed by atoms with van der Waals surface area (Å²) in [5.74, 6) is 1.66. The van der Waals surface area contributed by atoms with Crippen molar-refractivity contribution in [1.82, 2.24) is 0 Å². The van der Waals surface area contributed by atoms with Gasteiger partial charge in [-0.2, -0.15) is 0 Å². The Bertz CT molecular complexity index is 180. The summed E-state index contributed by atoms with van der Waals surface area (Å²) in [7, 11) is 0. The van der Waals surface area contributed by atoms with Gasteiger partial charge >= 0.3 is 0 Å². The van der Waals surface area contributed by atoms with E-state index in [1.54, 1.807) is 0 Å². The molecule has 0 aromatic heterocycles. The van der Waals surface area contributed by atoms with E-state index < -0.39 is 0 Å². The Morgan fingerprint density at radius 3 is 2.47 bits per heavy atom. The molecule has 0 amide bonds. The number of hydrogen-bond acceptors (Lipinski definition) is 1. The number of unbranched alkanes of at least 4 members (excludes halogenated alkanes) is 1. The molecule has 88 valence electrons. The van der Waals surface area contributed by atoms with Gasteiger partial charge in [0.1, 0.15) is 5.78 Å². The van der Waals surface area contributed by atoms with Gasteiger partial charge in [-0.25, -0.2) is 0 Å². The van der Waals surface area contributed by atoms with E-state index >= 15 is 0 Å². The molecule has 1 heteroatoms. The lowest BCUT2D eigenvalue weighted by Crippen LogP contribution is -2.15. The Balaban J connectivity index is 2.26. The van der Waals surface area contributed by atoms with Crippen molar-refractivity contribution in [3.05, 3.63) is 0 Å². The van der Waals surface area contributed by atoms with Crippen molar-refractivity contribution in [2.75, 3.05) is 0 Å². The third-order valence-corrected chi connectivity index (χ3v) is 3.84. The van der Waals surface area contributed by atoms with Gasteiger partial charge in [-0.1, -0.05) is 52.4 Å². The molecule has 1 nitrogen and oxygen atoms in total. The summed E-state index contributed by atoms with van der Waals surface area (Å²) < 4.78 is 0. The van der Waals surface area contributed by atoms with Crippen LogP contribution in [0.25, 0.3) is 0 Å². The first-order valence-corrected chi connectivity index (χ1v) is 6.80. The van der Waals surface area contributed by atoms with Crippen LogP contribution >= 0.6 is 0 Å². The van der Waals surface area contributed by atoms with Gasteiger partial charge in [0.05, 0.1) is 0 Å². The zero-order valence-electron chi connectivity index (χ0n) is 10.4. The molecule has 0 spiro atoms. The Labute approximate surface area is 94.6 Å². The van der Waals surface area contributed by atoms with Crippen LogP contribution < -0.4 is 0 Å². The molecule has 0 N–H and O–H groups in total. The average molecular weight is 210 g/mol. The highest BCUT2D eigenvalue weighted by atomic mass is 16.1. The number of carbonyl (C=O) groups is 1. The van der Waals surface area contributed by atoms with Crippen LogP contribution in [0.5, 0.6) is 0 Å². The number of hydrogen-bond donors (Lipinski definition) is 0. The second-order valence-corrected chi connectivity index (χ2v) is 5.07. The molecule has 1 atom stereocenters. The SMILES string of the molecule is CCCCC(CC)CC(=O)C1CCCC1. The largest absolute Gasteiger partial charge is 0.299 e. The van der Waals surface area contributed by atoms with E-state index in [0.29, 0.717) is 17.6 Å². The Hall–Kier alpha value is -0.330. The molecule has 1 saturated carbocycles. The normalized spacial score (nSPS) is 19.3. The van der Waals surface area contributed by atoms with Crippen LogP contribution in [-0.2, 0) is 4.79 Å². The van der Waals surface area contributed by atoms with E-state index in [4.69, 9.17) is 0 Å². The number of rotatable bonds is 7. The maximum Gasteiger partial charge on any atom is 0.136 e. The van der Waals surface area contributed by atoms with Gasteiger partial charge in [0.2, 0.25) is 0 Å². The van der Waals surface area contributed by atoms with Crippen molar-refractivity contribution < 1.29 is 4.79 Å². The van der Waals surface area contributed by atoms with Crippen LogP contribution in [0.4, 0.5) is 0 Å². The molecule has 1 aliphatic rings. The molecule has 0 aliphatic heterocycles. The highest BCUT2D eigenvalue weighted by Gasteiger charge is 2.24. The molecule has 1 rings (SSSR count). The van der Waals surface area contributed by atoms with Crippen molar-refractivity contribution in [3.63, 3.8) is 0 Å². The molecular weight excluding hydrogens is 184 g/mol. The van der Waals surface area contributed by atoms with Crippen molar-refractivity contribution in [2.24, 2.45) is 11.8 Å². The lowest BCUT2D eigenvalue weighted by atomic mass is 9.89. The summed E-state index contributed by atoms with van der Waals surface area (Å²) >= 11 is 0. The third-order valence-electron chi connectivity index (χ3n) is 3.84. The standard InChI is InChI=1S/C14H26O/c1-3-5-8-12(4-2)11-14(15)13-9-6-7-10-13/h12-13H,3-11H2,1-2H3. The topological polar surface area (TPSA) is 17.1 Å². The maximum absolute atomic E-state index is 12.0. The zero-order chi connectivity index (χ0) is 11.1. The molecule has 0 aromatic carbocycles. The molecule has 0 bridgehead atoms. The predicted octanol–water partition coefficient (Wildman–Crippen LogP) is 4.35. The van der Waals surface area contributed by atoms with E-state index in [2.05, 4.69) is 13.8 Å². The fourth-order valence-corrected chi connectivity index (χ4v) is 2.64. The Morgan fingerprint density at radius 1 is 1.27 bits per heavy atom. The van der Waals surface area contributed by atoms with Gasteiger partial charge in [-0.05, 0) is 18.8 Å². The van der Waals surface area contributed by atoms with E-state index in [1.807, 2.05) is 0 Å². The molecular formula is C14H26O. The van der Waals surface area contributed by atoms with Gasteiger partial charge in [-0.3, -0.25) is 4.79 Å². The number of ketones is 1. The minimum absolute atomic E-state index is 0.431. The number of Topliss-reactive ketones (excluding diaryl/α,β-unsaturated/α-hetero) is 1. The summed E-state index contributed by atoms with van der Waals surface area (Å²) in [4.78, 5) is 12.0. The van der Waals surface area contributed by atoms with Gasteiger partial charge in [0.15, 0.2) is 0 Å². The summed E-state index contributed by atoms with van der Waals surface area (Å²) in [5, 5.41) is 0. The van der Waals surface area contributed by atoms with Gasteiger partial charge in [-0.15, -0.1) is 0 Å². The monoisotopic (exact) mass is 210 g/mol. The second-order valence-electron chi connectivity index (χ2n) is 5.07. The van der Waals surface area contributed by atoms with E-state index in [9.17, 15) is 4.79 Å². The predicted molar refractivity (Wildman–Crippen MR) is 64.9 cm³/mol. The molecule has 15 heavy (non-hydrogen) atoms. The lowest BCUT2D eigenvalue weighted by molar-refractivity contribution is -0.123. The fraction of sp³-hybridized carbons (Fsp3) is 0.929. The summed E-state index contributed by atoms with van der Waals surface area (Å²) in [6.45, 7) is 4.45. The van der Waals surface area contributed by atoms with E-state index in [0.717, 1.165) is 6.42 Å². The first-order chi connectivity index (χ1) is 7.27. The summed E-state index contributed by atoms with van der Waals surface area (Å²) in [6.07, 6.45) is 10.7. The maximum atomic E-state index is 12.0. The van der Waals surface area contributed by atoms with Crippen LogP contribution in [0.1, 0.15) is 71.6 Å². The van der Waals surface area contributed by atoms with Crippen LogP contribution in [0, 0.1) is 11.8 Å². The molecule has 0 aromatic rings. The first kappa shape index (κ1) is 12.7. The first-order valence-electron chi connectivity index (χ1n) is 6.80. The Kier molecular flexibility index (Phi) is 5.97. The smallest absolute Gasteiger partial charge is 0.136 e. The van der Waals surface area contributed by atoms with Crippen LogP contribution in [-0.4, -0.2) is 5.78 Å². The van der Waals surface area contributed by atoms with Crippen molar-refractivity contribution in [1.29, 1.82) is 0 Å². The third kappa shape index (κ3) is 4.36. The van der Waals surface area contributed by atoms with Crippen LogP contribution in [0.15, 0.2) is 0 Å². The highest BCUT2D eigenvalue weighted by molar-refractivity contribution is 5.81. The van der Waals surface area contributed by atoms with Gasteiger partial charge in [0, 0.05) is 12.3 Å². The fourth-order valence-electron chi connectivity index (χ4n) is 2.64. The number of carbonyl (C=O) groups excluding carboxylic acids is 1. The quantitative estimate of drug-likeness (QED) is 0.610. The van der Waals surface area contributed by atoms with Crippen molar-refractivity contribution >= 4 is 5.78 Å². The molecule has 1 unspecified atom stereocenters. The minimum Gasteiger partial charge on any atom is -0.299 e. The van der Waals surface area contributed by atoms with Crippen LogP contribution in [0.2, 0.25) is 0 Å². The van der Waals surface area contributed by atoms with Crippen molar-refractivity contribution in [3.8, 4) is 0 Å². The second kappa shape index (κ2) is 7.03. The minimum atomic E-state index is 0.431. The molecule has 1 aliphatic carbocycles. The van der Waals surface area contributed by atoms with E-state index in [1.165, 1.54) is 51.4 Å². The molecule has 1 fully saturated rings. The zero-order valence-corrected chi connectivity index (χ0v) is 10.4. The van der Waals surface area contributed by atoms with Gasteiger partial charge in [0.25, 0.3) is 0 Å². The lowest BCUT2D eigenvalue weighted by Gasteiger charge is -2.16. The summed E-state index contributed by atoms with van der Waals surface area (Å²) in [6, 6.07) is 0. The molecule has 0 heterocycles. The van der Waals surface area contributed by atoms with Gasteiger partial charge < -0.3 is 0 Å². The van der Waals surface area contributed by atoms with Crippen molar-refractivity contribution in [2.45, 2.75) is 71.6 Å². The Morgan fingerprint density at radius 2 is 1.93 bits per heavy atom. The highest BCUT2D eigenvalue weighted by Crippen LogP contribution is 2.29. The molecule has 0 radical (unpaired) electrons. The average Bonchev–Trinajstić information content (AvgIpc) is 2.77. The molecule has 0 saturated heterocycles. The van der Waals surface area contributed by atoms with E-state index in [-0.39, 0.29) is 0 Å².